The van der Waals surface area contributed by atoms with E-state index >= 15 is 0 Å². The molecule has 0 bridgehead atoms. The molecule has 1 atom stereocenters. The fourth-order valence-corrected chi connectivity index (χ4v) is 3.20. The summed E-state index contributed by atoms with van der Waals surface area (Å²) in [5.74, 6) is 0.0544. The van der Waals surface area contributed by atoms with Gasteiger partial charge in [0.05, 0.1) is 17.0 Å². The molecule has 6 nitrogen and oxygen atoms in total. The number of allylic oxidation sites excluding steroid dienone is 1. The van der Waals surface area contributed by atoms with Crippen LogP contribution in [0.1, 0.15) is 28.5 Å². The van der Waals surface area contributed by atoms with Gasteiger partial charge < -0.3 is 14.9 Å². The van der Waals surface area contributed by atoms with Crippen molar-refractivity contribution in [3.8, 4) is 23.3 Å². The predicted octanol–water partition coefficient (Wildman–Crippen LogP) is 4.22. The van der Waals surface area contributed by atoms with Crippen molar-refractivity contribution < 1.29 is 22.3 Å². The van der Waals surface area contributed by atoms with Gasteiger partial charge in [0.2, 0.25) is 11.8 Å². The van der Waals surface area contributed by atoms with Gasteiger partial charge in [0.1, 0.15) is 23.2 Å². The summed E-state index contributed by atoms with van der Waals surface area (Å²) in [6.45, 7) is 1.76. The topological polar surface area (TPSA) is 101 Å². The molecule has 0 radical (unpaired) electrons. The van der Waals surface area contributed by atoms with Gasteiger partial charge >= 0.3 is 6.18 Å². The Morgan fingerprint density at radius 3 is 2.75 bits per heavy atom. The first-order chi connectivity index (χ1) is 13.3. The zero-order valence-corrected chi connectivity index (χ0v) is 14.5. The monoisotopic (exact) mass is 386 g/mol. The molecule has 9 heteroatoms. The smallest absolute Gasteiger partial charge is 0.416 e. The highest BCUT2D eigenvalue weighted by atomic mass is 19.4. The molecule has 3 aromatic rings. The third-order valence-electron chi connectivity index (χ3n) is 4.52. The molecule has 0 aliphatic carbocycles. The third kappa shape index (κ3) is 2.79. The van der Waals surface area contributed by atoms with E-state index in [2.05, 4.69) is 10.2 Å². The Kier molecular flexibility index (Phi) is 3.92. The lowest BCUT2D eigenvalue weighted by Gasteiger charge is -2.21. The number of nitrogens with one attached hydrogen (secondary N) is 1. The average molecular weight is 386 g/mol. The van der Waals surface area contributed by atoms with Gasteiger partial charge in [-0.1, -0.05) is 12.1 Å². The average Bonchev–Trinajstić information content (AvgIpc) is 3.27. The lowest BCUT2D eigenvalue weighted by molar-refractivity contribution is -0.137. The van der Waals surface area contributed by atoms with Crippen molar-refractivity contribution in [2.75, 3.05) is 0 Å². The predicted molar refractivity (Wildman–Crippen MR) is 91.8 cm³/mol. The molecule has 1 aliphatic heterocycles. The fraction of sp³-hybridized carbons (Fsp3) is 0.158. The second kappa shape index (κ2) is 6.20. The van der Waals surface area contributed by atoms with E-state index in [0.717, 1.165) is 12.1 Å². The lowest BCUT2D eigenvalue weighted by atomic mass is 9.88. The quantitative estimate of drug-likeness (QED) is 0.687. The van der Waals surface area contributed by atoms with Crippen molar-refractivity contribution in [3.05, 3.63) is 70.4 Å². The molecule has 2 aromatic heterocycles. The highest BCUT2D eigenvalue weighted by Crippen LogP contribution is 2.44. The number of H-pyrrole nitrogens is 1. The Morgan fingerprint density at radius 1 is 1.25 bits per heavy atom. The summed E-state index contributed by atoms with van der Waals surface area (Å²) in [5.41, 5.74) is 6.74. The second-order valence-corrected chi connectivity index (χ2v) is 6.27. The molecule has 28 heavy (non-hydrogen) atoms. The van der Waals surface area contributed by atoms with Gasteiger partial charge in [0.25, 0.3) is 0 Å². The van der Waals surface area contributed by atoms with Crippen LogP contribution in [0.5, 0.6) is 5.88 Å². The van der Waals surface area contributed by atoms with Crippen LogP contribution < -0.4 is 10.5 Å². The van der Waals surface area contributed by atoms with Crippen LogP contribution in [0.3, 0.4) is 0 Å². The van der Waals surface area contributed by atoms with Crippen molar-refractivity contribution in [1.29, 1.82) is 5.26 Å². The van der Waals surface area contributed by atoms with Crippen LogP contribution >= 0.6 is 0 Å². The maximum absolute atomic E-state index is 13.0. The van der Waals surface area contributed by atoms with Gasteiger partial charge in [-0.2, -0.15) is 18.4 Å². The maximum Gasteiger partial charge on any atom is 0.416 e. The van der Waals surface area contributed by atoms with E-state index in [0.29, 0.717) is 17.0 Å². The third-order valence-corrected chi connectivity index (χ3v) is 4.52. The summed E-state index contributed by atoms with van der Waals surface area (Å²) >= 11 is 0. The molecule has 3 N–H and O–H groups in total. The maximum atomic E-state index is 13.0. The molecule has 3 heterocycles. The normalized spacial score (nSPS) is 16.5. The number of nitriles is 1. The van der Waals surface area contributed by atoms with Crippen LogP contribution in [0.4, 0.5) is 13.2 Å². The molecular weight excluding hydrogens is 373 g/mol. The number of nitrogens with zero attached hydrogens (tertiary/aromatic N) is 2. The summed E-state index contributed by atoms with van der Waals surface area (Å²) in [6.07, 6.45) is -4.46. The Balaban J connectivity index is 1.80. The zero-order chi connectivity index (χ0) is 20.1. The van der Waals surface area contributed by atoms with Crippen molar-refractivity contribution in [2.24, 2.45) is 5.73 Å². The summed E-state index contributed by atoms with van der Waals surface area (Å²) in [5, 5.41) is 16.3. The number of benzene rings is 1. The summed E-state index contributed by atoms with van der Waals surface area (Å²) in [4.78, 5) is 0. The SMILES string of the molecule is Cc1[nH]nc2c1C(c1ccc(-c3cccc(C(F)(F)F)c3)o1)C(C#N)=C(N)O2. The van der Waals surface area contributed by atoms with E-state index in [1.165, 1.54) is 12.1 Å². The zero-order valence-electron chi connectivity index (χ0n) is 14.5. The standard InChI is InChI=1S/C19H13F3N4O2/c1-9-15-16(12(8-23)17(24)28-18(15)26-25-9)14-6-5-13(27-14)10-3-2-4-11(7-10)19(20,21)22/h2-7,16H,24H2,1H3,(H,25,26). The van der Waals surface area contributed by atoms with E-state index in [9.17, 15) is 18.4 Å². The van der Waals surface area contributed by atoms with Crippen LogP contribution in [0.25, 0.3) is 11.3 Å². The number of ether oxygens (including phenoxy) is 1. The number of hydrogen-bond donors (Lipinski definition) is 2. The molecule has 4 rings (SSSR count). The Labute approximate surface area is 157 Å². The second-order valence-electron chi connectivity index (χ2n) is 6.27. The number of aryl methyl sites for hydroxylation is 1. The number of hydrogen-bond acceptors (Lipinski definition) is 5. The highest BCUT2D eigenvalue weighted by molar-refractivity contribution is 5.61. The number of alkyl halides is 3. The molecule has 0 spiro atoms. The van der Waals surface area contributed by atoms with Crippen LogP contribution in [0.2, 0.25) is 0 Å². The Morgan fingerprint density at radius 2 is 2.04 bits per heavy atom. The first-order valence-corrected chi connectivity index (χ1v) is 8.19. The van der Waals surface area contributed by atoms with Gasteiger partial charge in [0.15, 0.2) is 0 Å². The molecule has 0 fully saturated rings. The molecule has 1 unspecified atom stereocenters. The van der Waals surface area contributed by atoms with Crippen LogP contribution in [-0.2, 0) is 6.18 Å². The van der Waals surface area contributed by atoms with Crippen LogP contribution in [0, 0.1) is 18.3 Å². The van der Waals surface area contributed by atoms with Gasteiger partial charge in [-0.25, -0.2) is 0 Å². The lowest BCUT2D eigenvalue weighted by Crippen LogP contribution is -2.20. The summed E-state index contributed by atoms with van der Waals surface area (Å²) in [6, 6.07) is 10.0. The first-order valence-electron chi connectivity index (χ1n) is 8.19. The van der Waals surface area contributed by atoms with Crippen LogP contribution in [0.15, 0.2) is 52.3 Å². The number of nitrogens with two attached hydrogens (primary N) is 1. The minimum Gasteiger partial charge on any atom is -0.460 e. The first kappa shape index (κ1) is 17.7. The number of halogens is 3. The summed E-state index contributed by atoms with van der Waals surface area (Å²) in [7, 11) is 0. The van der Waals surface area contributed by atoms with Crippen molar-refractivity contribution in [2.45, 2.75) is 19.0 Å². The molecule has 142 valence electrons. The molecule has 0 saturated carbocycles. The van der Waals surface area contributed by atoms with Gasteiger partial charge in [0, 0.05) is 11.3 Å². The molecule has 0 saturated heterocycles. The van der Waals surface area contributed by atoms with E-state index < -0.39 is 17.7 Å². The van der Waals surface area contributed by atoms with Crippen molar-refractivity contribution >= 4 is 0 Å². The van der Waals surface area contributed by atoms with Gasteiger partial charge in [-0.05, 0) is 31.2 Å². The Hall–Kier alpha value is -3.67. The molecule has 0 amide bonds. The minimum absolute atomic E-state index is 0.0940. The van der Waals surface area contributed by atoms with E-state index in [1.807, 2.05) is 6.07 Å². The number of aromatic amines is 1. The largest absolute Gasteiger partial charge is 0.460 e. The molecule has 1 aromatic carbocycles. The van der Waals surface area contributed by atoms with Gasteiger partial charge in [-0.15, -0.1) is 5.10 Å². The van der Waals surface area contributed by atoms with E-state index in [1.54, 1.807) is 19.1 Å². The molecular formula is C19H13F3N4O2. The highest BCUT2D eigenvalue weighted by Gasteiger charge is 2.36. The minimum atomic E-state index is -4.46. The van der Waals surface area contributed by atoms with Crippen molar-refractivity contribution in [3.63, 3.8) is 0 Å². The summed E-state index contributed by atoms with van der Waals surface area (Å²) < 4.78 is 50.2. The number of rotatable bonds is 2. The van der Waals surface area contributed by atoms with Crippen LogP contribution in [-0.4, -0.2) is 10.2 Å². The number of fused-ring (bicyclic) bond motifs is 1. The molecule has 1 aliphatic rings. The van der Waals surface area contributed by atoms with Crippen molar-refractivity contribution in [1.82, 2.24) is 10.2 Å². The Bertz CT molecular complexity index is 1130. The van der Waals surface area contributed by atoms with E-state index in [-0.39, 0.29) is 28.7 Å². The van der Waals surface area contributed by atoms with E-state index in [4.69, 9.17) is 14.9 Å². The number of aromatic nitrogens is 2. The fourth-order valence-electron chi connectivity index (χ4n) is 3.20. The van der Waals surface area contributed by atoms with Gasteiger partial charge in [-0.3, -0.25) is 5.10 Å². The number of furan rings is 1.